The topological polar surface area (TPSA) is 91.4 Å². The van der Waals surface area contributed by atoms with Gasteiger partial charge in [0.2, 0.25) is 5.91 Å². The van der Waals surface area contributed by atoms with E-state index in [1.807, 2.05) is 18.2 Å². The molecule has 230 valence electrons. The Morgan fingerprint density at radius 1 is 1.02 bits per heavy atom. The van der Waals surface area contributed by atoms with E-state index in [2.05, 4.69) is 5.32 Å². The minimum absolute atomic E-state index is 0.0101. The average Bonchev–Trinajstić information content (AvgIpc) is 2.92. The maximum Gasteiger partial charge on any atom is 0.416 e. The zero-order chi connectivity index (χ0) is 31.1. The van der Waals surface area contributed by atoms with Gasteiger partial charge >= 0.3 is 18.4 Å². The number of carbonyl (C=O) groups excluding carboxylic acids is 3. The third-order valence-corrected chi connectivity index (χ3v) is 6.67. The van der Waals surface area contributed by atoms with Gasteiger partial charge in [0.15, 0.2) is 0 Å². The van der Waals surface area contributed by atoms with E-state index in [4.69, 9.17) is 9.47 Å². The van der Waals surface area contributed by atoms with Crippen LogP contribution in [0.5, 0.6) is 0 Å². The van der Waals surface area contributed by atoms with Crippen molar-refractivity contribution in [1.82, 2.24) is 14.7 Å². The maximum atomic E-state index is 13.7. The van der Waals surface area contributed by atoms with Crippen LogP contribution in [0, 0.1) is 0 Å². The molecule has 3 amide bonds. The van der Waals surface area contributed by atoms with Gasteiger partial charge in [0, 0.05) is 45.5 Å². The number of hydrogen-bond acceptors (Lipinski definition) is 6. The Bertz CT molecular complexity index is 1260. The van der Waals surface area contributed by atoms with Crippen LogP contribution in [0.2, 0.25) is 0 Å². The molecule has 0 radical (unpaired) electrons. The number of benzene rings is 2. The Balaban J connectivity index is 1.76. The lowest BCUT2D eigenvalue weighted by atomic mass is 9.98. The summed E-state index contributed by atoms with van der Waals surface area (Å²) in [5.41, 5.74) is 1.00. The van der Waals surface area contributed by atoms with Gasteiger partial charge in [0.25, 0.3) is 0 Å². The molecule has 0 atom stereocenters. The molecule has 1 aliphatic heterocycles. The van der Waals surface area contributed by atoms with E-state index in [1.165, 1.54) is 35.0 Å². The number of rotatable bonds is 9. The fraction of sp³-hybridized carbons (Fsp3) is 0.500. The van der Waals surface area contributed by atoms with E-state index in [1.54, 1.807) is 32.6 Å². The molecule has 2 aromatic rings. The molecular formula is C30H39F3N4O5. The van der Waals surface area contributed by atoms with Crippen LogP contribution < -0.4 is 5.32 Å². The first kappa shape index (κ1) is 32.6. The van der Waals surface area contributed by atoms with Gasteiger partial charge in [0.1, 0.15) is 5.60 Å². The van der Waals surface area contributed by atoms with Crippen molar-refractivity contribution in [2.24, 2.45) is 0 Å². The second-order valence-corrected chi connectivity index (χ2v) is 11.0. The fourth-order valence-corrected chi connectivity index (χ4v) is 4.56. The van der Waals surface area contributed by atoms with E-state index in [0.717, 1.165) is 17.2 Å². The molecule has 1 N–H and O–H groups in total. The molecule has 1 aliphatic rings. The highest BCUT2D eigenvalue weighted by Crippen LogP contribution is 2.32. The Morgan fingerprint density at radius 2 is 1.74 bits per heavy atom. The van der Waals surface area contributed by atoms with Crippen molar-refractivity contribution in [3.05, 3.63) is 64.7 Å². The lowest BCUT2D eigenvalue weighted by Gasteiger charge is -2.30. The summed E-state index contributed by atoms with van der Waals surface area (Å²) in [5.74, 6) is -0.439. The Kier molecular flexibility index (Phi) is 10.7. The number of carbonyl (C=O) groups is 3. The van der Waals surface area contributed by atoms with Crippen molar-refractivity contribution in [3.8, 4) is 0 Å². The van der Waals surface area contributed by atoms with Gasteiger partial charge in [-0.1, -0.05) is 30.3 Å². The molecular weight excluding hydrogens is 553 g/mol. The van der Waals surface area contributed by atoms with Crippen molar-refractivity contribution in [1.29, 1.82) is 0 Å². The molecule has 0 saturated heterocycles. The van der Waals surface area contributed by atoms with E-state index in [0.29, 0.717) is 25.2 Å². The highest BCUT2D eigenvalue weighted by atomic mass is 19.4. The summed E-state index contributed by atoms with van der Waals surface area (Å²) in [6.45, 7) is 7.61. The molecule has 1 heterocycles. The smallest absolute Gasteiger partial charge is 0.416 e. The van der Waals surface area contributed by atoms with Crippen LogP contribution in [0.4, 0.5) is 28.4 Å². The normalized spacial score (nSPS) is 13.2. The number of likely N-dealkylation sites (N-methyl/N-ethyl adjacent to an activating group) is 1. The van der Waals surface area contributed by atoms with Crippen LogP contribution >= 0.6 is 0 Å². The molecule has 0 spiro atoms. The largest absolute Gasteiger partial charge is 0.450 e. The van der Waals surface area contributed by atoms with Crippen LogP contribution in [0.25, 0.3) is 0 Å². The lowest BCUT2D eigenvalue weighted by Crippen LogP contribution is -2.43. The van der Waals surface area contributed by atoms with Gasteiger partial charge in [-0.05, 0) is 62.9 Å². The molecule has 2 aromatic carbocycles. The first-order valence-electron chi connectivity index (χ1n) is 13.8. The van der Waals surface area contributed by atoms with Gasteiger partial charge in [-0.3, -0.25) is 4.79 Å². The van der Waals surface area contributed by atoms with Crippen molar-refractivity contribution in [2.45, 2.75) is 59.0 Å². The van der Waals surface area contributed by atoms with Crippen LogP contribution in [0.15, 0.2) is 42.5 Å². The van der Waals surface area contributed by atoms with E-state index in [9.17, 15) is 27.6 Å². The third-order valence-electron chi connectivity index (χ3n) is 6.67. The number of nitrogens with one attached hydrogen (secondary N) is 1. The second-order valence-electron chi connectivity index (χ2n) is 11.0. The quantitative estimate of drug-likeness (QED) is 0.412. The molecule has 0 fully saturated rings. The Labute approximate surface area is 244 Å². The molecule has 0 unspecified atom stereocenters. The number of halogens is 3. The van der Waals surface area contributed by atoms with Crippen molar-refractivity contribution in [3.63, 3.8) is 0 Å². The molecule has 0 aromatic heterocycles. The number of nitrogens with zero attached hydrogens (tertiary/aromatic N) is 3. The molecule has 42 heavy (non-hydrogen) atoms. The summed E-state index contributed by atoms with van der Waals surface area (Å²) in [4.78, 5) is 42.3. The van der Waals surface area contributed by atoms with E-state index in [-0.39, 0.29) is 44.4 Å². The molecule has 0 saturated carbocycles. The molecule has 3 rings (SSSR count). The predicted molar refractivity (Wildman–Crippen MR) is 152 cm³/mol. The fourth-order valence-electron chi connectivity index (χ4n) is 4.56. The van der Waals surface area contributed by atoms with Gasteiger partial charge < -0.3 is 29.5 Å². The van der Waals surface area contributed by atoms with Gasteiger partial charge in [-0.15, -0.1) is 0 Å². The van der Waals surface area contributed by atoms with E-state index >= 15 is 0 Å². The van der Waals surface area contributed by atoms with Gasteiger partial charge in [0.05, 0.1) is 18.7 Å². The minimum atomic E-state index is -4.59. The Morgan fingerprint density at radius 3 is 2.40 bits per heavy atom. The van der Waals surface area contributed by atoms with Gasteiger partial charge in [-0.2, -0.15) is 13.2 Å². The summed E-state index contributed by atoms with van der Waals surface area (Å²) in [5, 5.41) is 3.14. The summed E-state index contributed by atoms with van der Waals surface area (Å²) in [7, 11) is 1.51. The van der Waals surface area contributed by atoms with E-state index < -0.39 is 29.3 Å². The lowest BCUT2D eigenvalue weighted by molar-refractivity contribution is -0.139. The molecule has 0 aliphatic carbocycles. The average molecular weight is 593 g/mol. The highest BCUT2D eigenvalue weighted by molar-refractivity contribution is 5.81. The monoisotopic (exact) mass is 592 g/mol. The zero-order valence-electron chi connectivity index (χ0n) is 24.7. The van der Waals surface area contributed by atoms with Crippen LogP contribution in [0.3, 0.4) is 0 Å². The van der Waals surface area contributed by atoms with Crippen LogP contribution in [-0.4, -0.2) is 78.2 Å². The number of anilines is 1. The number of amides is 3. The van der Waals surface area contributed by atoms with Crippen LogP contribution in [-0.2, 0) is 40.0 Å². The zero-order valence-corrected chi connectivity index (χ0v) is 24.7. The van der Waals surface area contributed by atoms with Gasteiger partial charge in [-0.25, -0.2) is 9.59 Å². The number of hydrogen-bond donors (Lipinski definition) is 1. The van der Waals surface area contributed by atoms with Crippen LogP contribution in [0.1, 0.15) is 49.9 Å². The van der Waals surface area contributed by atoms with Crippen molar-refractivity contribution < 1.29 is 37.0 Å². The first-order chi connectivity index (χ1) is 19.7. The summed E-state index contributed by atoms with van der Waals surface area (Å²) < 4.78 is 51.6. The Hall–Kier alpha value is -3.96. The number of ether oxygens (including phenoxy) is 2. The van der Waals surface area contributed by atoms with Crippen molar-refractivity contribution in [2.75, 3.05) is 45.2 Å². The number of alkyl halides is 3. The highest BCUT2D eigenvalue weighted by Gasteiger charge is 2.34. The maximum absolute atomic E-state index is 13.7. The van der Waals surface area contributed by atoms with Crippen molar-refractivity contribution >= 4 is 23.8 Å². The first-order valence-corrected chi connectivity index (χ1v) is 13.8. The number of fused-ring (bicyclic) bond motifs is 1. The molecule has 0 bridgehead atoms. The predicted octanol–water partition coefficient (Wildman–Crippen LogP) is 5.53. The summed E-state index contributed by atoms with van der Waals surface area (Å²) >= 11 is 0. The second kappa shape index (κ2) is 13.8. The minimum Gasteiger partial charge on any atom is -0.450 e. The molecule has 9 nitrogen and oxygen atoms in total. The third kappa shape index (κ3) is 9.02. The SMILES string of the molecule is CCOC(=O)N1CCc2c(cccc2NCC(=O)N(CCN(C)C(=O)OC(C)(C)C)Cc2ccccc2C(F)(F)F)C1. The standard InChI is InChI=1S/C30H39F3N4O5/c1-6-41-28(40)37-15-14-23-21(19-37)11-9-13-25(23)34-18-26(38)36(17-16-35(5)27(39)42-29(2,3)4)20-22-10-7-8-12-24(22)30(31,32)33/h7-13,34H,6,14-20H2,1-5H3. The summed E-state index contributed by atoms with van der Waals surface area (Å²) in [6, 6.07) is 10.7. The molecule has 12 heteroatoms. The summed E-state index contributed by atoms with van der Waals surface area (Å²) in [6.07, 6.45) is -5.02.